The molecule has 1 aromatic carbocycles. The molecule has 3 rings (SSSR count). The van der Waals surface area contributed by atoms with E-state index in [-0.39, 0.29) is 17.9 Å². The second kappa shape index (κ2) is 11.8. The molecule has 1 amide bonds. The van der Waals surface area contributed by atoms with E-state index in [1.165, 1.54) is 0 Å². The molecule has 0 aliphatic carbocycles. The minimum Gasteiger partial charge on any atom is -0.493 e. The molecule has 0 saturated carbocycles. The standard InChI is InChI=1S/C23H36N4O4/c1-4-24-23(25-17-18(2)31-21-8-6-5-7-20(21)29-3)27-11-9-19(10-12-27)22(28)26-13-15-30-16-14-26/h5-8,18-19H,4,9-17H2,1-3H3,(H,24,25). The van der Waals surface area contributed by atoms with Gasteiger partial charge in [0.2, 0.25) is 5.91 Å². The molecule has 0 radical (unpaired) electrons. The number of carbonyl (C=O) groups excluding carboxylic acids is 1. The number of aliphatic imine (C=N–C) groups is 1. The minimum absolute atomic E-state index is 0.0922. The summed E-state index contributed by atoms with van der Waals surface area (Å²) >= 11 is 0. The predicted molar refractivity (Wildman–Crippen MR) is 121 cm³/mol. The molecule has 2 fully saturated rings. The highest BCUT2D eigenvalue weighted by atomic mass is 16.5. The van der Waals surface area contributed by atoms with E-state index in [0.29, 0.717) is 32.8 Å². The van der Waals surface area contributed by atoms with Crippen LogP contribution in [-0.4, -0.2) is 87.4 Å². The summed E-state index contributed by atoms with van der Waals surface area (Å²) in [5.41, 5.74) is 0. The minimum atomic E-state index is -0.0922. The summed E-state index contributed by atoms with van der Waals surface area (Å²) in [5, 5.41) is 3.39. The Morgan fingerprint density at radius 1 is 1.16 bits per heavy atom. The maximum absolute atomic E-state index is 12.8. The molecule has 8 heteroatoms. The molecular formula is C23H36N4O4. The first kappa shape index (κ1) is 23.2. The number of nitrogens with zero attached hydrogens (tertiary/aromatic N) is 3. The predicted octanol–water partition coefficient (Wildman–Crippen LogP) is 2.00. The van der Waals surface area contributed by atoms with Crippen LogP contribution in [0, 0.1) is 5.92 Å². The molecule has 1 N–H and O–H groups in total. The number of ether oxygens (including phenoxy) is 3. The molecule has 31 heavy (non-hydrogen) atoms. The molecule has 172 valence electrons. The number of likely N-dealkylation sites (tertiary alicyclic amines) is 1. The lowest BCUT2D eigenvalue weighted by Crippen LogP contribution is -2.50. The molecule has 0 bridgehead atoms. The Balaban J connectivity index is 1.53. The lowest BCUT2D eigenvalue weighted by molar-refractivity contribution is -0.140. The second-order valence-corrected chi connectivity index (χ2v) is 7.97. The van der Waals surface area contributed by atoms with Crippen LogP contribution in [0.4, 0.5) is 0 Å². The second-order valence-electron chi connectivity index (χ2n) is 7.97. The summed E-state index contributed by atoms with van der Waals surface area (Å²) in [6.45, 7) is 9.79. The number of methoxy groups -OCH3 is 1. The van der Waals surface area contributed by atoms with E-state index in [9.17, 15) is 4.79 Å². The van der Waals surface area contributed by atoms with E-state index in [4.69, 9.17) is 19.2 Å². The normalized spacial score (nSPS) is 19.1. The highest BCUT2D eigenvalue weighted by Gasteiger charge is 2.30. The fraction of sp³-hybridized carbons (Fsp3) is 0.652. The van der Waals surface area contributed by atoms with Gasteiger partial charge in [0.1, 0.15) is 6.10 Å². The molecule has 2 saturated heterocycles. The van der Waals surface area contributed by atoms with Gasteiger partial charge in [-0.3, -0.25) is 4.79 Å². The van der Waals surface area contributed by atoms with Gasteiger partial charge in [-0.25, -0.2) is 4.99 Å². The first-order chi connectivity index (χ1) is 15.1. The molecule has 1 aromatic rings. The smallest absolute Gasteiger partial charge is 0.225 e. The monoisotopic (exact) mass is 432 g/mol. The van der Waals surface area contributed by atoms with Crippen molar-refractivity contribution in [2.45, 2.75) is 32.8 Å². The first-order valence-electron chi connectivity index (χ1n) is 11.3. The Morgan fingerprint density at radius 3 is 2.48 bits per heavy atom. The molecule has 2 heterocycles. The lowest BCUT2D eigenvalue weighted by atomic mass is 9.95. The van der Waals surface area contributed by atoms with Crippen molar-refractivity contribution in [2.24, 2.45) is 10.9 Å². The van der Waals surface area contributed by atoms with Gasteiger partial charge in [-0.05, 0) is 38.8 Å². The number of benzene rings is 1. The summed E-state index contributed by atoms with van der Waals surface area (Å²) in [7, 11) is 1.64. The van der Waals surface area contributed by atoms with Gasteiger partial charge in [-0.2, -0.15) is 0 Å². The fourth-order valence-electron chi connectivity index (χ4n) is 3.99. The highest BCUT2D eigenvalue weighted by Crippen LogP contribution is 2.27. The molecule has 1 atom stereocenters. The van der Waals surface area contributed by atoms with E-state index in [1.54, 1.807) is 7.11 Å². The van der Waals surface area contributed by atoms with Gasteiger partial charge >= 0.3 is 0 Å². The van der Waals surface area contributed by atoms with Crippen LogP contribution < -0.4 is 14.8 Å². The summed E-state index contributed by atoms with van der Waals surface area (Å²) in [6, 6.07) is 7.64. The van der Waals surface area contributed by atoms with Crippen molar-refractivity contribution in [2.75, 3.05) is 59.6 Å². The van der Waals surface area contributed by atoms with Gasteiger partial charge in [-0.1, -0.05) is 12.1 Å². The summed E-state index contributed by atoms with van der Waals surface area (Å²) in [6.07, 6.45) is 1.62. The number of rotatable bonds is 7. The van der Waals surface area contributed by atoms with Crippen molar-refractivity contribution in [3.63, 3.8) is 0 Å². The lowest BCUT2D eigenvalue weighted by Gasteiger charge is -2.36. The fourth-order valence-corrected chi connectivity index (χ4v) is 3.99. The third-order valence-corrected chi connectivity index (χ3v) is 5.70. The van der Waals surface area contributed by atoms with Crippen LogP contribution >= 0.6 is 0 Å². The largest absolute Gasteiger partial charge is 0.493 e. The summed E-state index contributed by atoms with van der Waals surface area (Å²) in [5.74, 6) is 2.71. The maximum atomic E-state index is 12.8. The van der Waals surface area contributed by atoms with Crippen molar-refractivity contribution in [1.29, 1.82) is 0 Å². The van der Waals surface area contributed by atoms with E-state index in [2.05, 4.69) is 17.1 Å². The van der Waals surface area contributed by atoms with Crippen LogP contribution in [0.5, 0.6) is 11.5 Å². The average Bonchev–Trinajstić information content (AvgIpc) is 2.82. The Morgan fingerprint density at radius 2 is 1.84 bits per heavy atom. The molecule has 8 nitrogen and oxygen atoms in total. The van der Waals surface area contributed by atoms with E-state index < -0.39 is 0 Å². The highest BCUT2D eigenvalue weighted by molar-refractivity contribution is 5.82. The Hall–Kier alpha value is -2.48. The van der Waals surface area contributed by atoms with Crippen LogP contribution in [-0.2, 0) is 9.53 Å². The van der Waals surface area contributed by atoms with E-state index in [0.717, 1.165) is 49.9 Å². The van der Waals surface area contributed by atoms with Crippen molar-refractivity contribution in [1.82, 2.24) is 15.1 Å². The third kappa shape index (κ3) is 6.50. The summed E-state index contributed by atoms with van der Waals surface area (Å²) in [4.78, 5) is 21.8. The maximum Gasteiger partial charge on any atom is 0.225 e. The Labute approximate surface area is 185 Å². The van der Waals surface area contributed by atoms with Crippen molar-refractivity contribution in [3.8, 4) is 11.5 Å². The molecule has 0 aromatic heterocycles. The van der Waals surface area contributed by atoms with E-state index >= 15 is 0 Å². The molecular weight excluding hydrogens is 396 g/mol. The molecule has 0 spiro atoms. The Bertz CT molecular complexity index is 728. The SMILES string of the molecule is CCNC(=NCC(C)Oc1ccccc1OC)N1CCC(C(=O)N2CCOCC2)CC1. The number of amides is 1. The Kier molecular flexibility index (Phi) is 8.82. The zero-order valence-electron chi connectivity index (χ0n) is 19.0. The van der Waals surface area contributed by atoms with Crippen molar-refractivity contribution >= 4 is 11.9 Å². The quantitative estimate of drug-likeness (QED) is 0.525. The van der Waals surface area contributed by atoms with Gasteiger partial charge in [0, 0.05) is 38.6 Å². The topological polar surface area (TPSA) is 75.6 Å². The number of guanidine groups is 1. The first-order valence-corrected chi connectivity index (χ1v) is 11.3. The average molecular weight is 433 g/mol. The molecule has 2 aliphatic heterocycles. The van der Waals surface area contributed by atoms with Crippen LogP contribution in [0.25, 0.3) is 0 Å². The van der Waals surface area contributed by atoms with Crippen LogP contribution in [0.2, 0.25) is 0 Å². The molecule has 2 aliphatic rings. The van der Waals surface area contributed by atoms with Gasteiger partial charge in [0.25, 0.3) is 0 Å². The van der Waals surface area contributed by atoms with Crippen LogP contribution in [0.1, 0.15) is 26.7 Å². The number of hydrogen-bond acceptors (Lipinski definition) is 5. The van der Waals surface area contributed by atoms with Gasteiger partial charge in [-0.15, -0.1) is 0 Å². The number of morpholine rings is 1. The molecule has 1 unspecified atom stereocenters. The van der Waals surface area contributed by atoms with Crippen molar-refractivity contribution < 1.29 is 19.0 Å². The van der Waals surface area contributed by atoms with Gasteiger partial charge in [0.05, 0.1) is 26.9 Å². The number of para-hydroxylation sites is 2. The van der Waals surface area contributed by atoms with E-state index in [1.807, 2.05) is 36.1 Å². The number of carbonyl (C=O) groups is 1. The van der Waals surface area contributed by atoms with Crippen molar-refractivity contribution in [3.05, 3.63) is 24.3 Å². The number of nitrogens with one attached hydrogen (secondary N) is 1. The zero-order valence-corrected chi connectivity index (χ0v) is 19.0. The zero-order chi connectivity index (χ0) is 22.1. The van der Waals surface area contributed by atoms with Crippen LogP contribution in [0.15, 0.2) is 29.3 Å². The summed E-state index contributed by atoms with van der Waals surface area (Å²) < 4.78 is 16.8. The van der Waals surface area contributed by atoms with Gasteiger partial charge < -0.3 is 29.3 Å². The number of piperidine rings is 1. The number of hydrogen-bond donors (Lipinski definition) is 1. The van der Waals surface area contributed by atoms with Crippen LogP contribution in [0.3, 0.4) is 0 Å². The van der Waals surface area contributed by atoms with Gasteiger partial charge in [0.15, 0.2) is 17.5 Å². The third-order valence-electron chi connectivity index (χ3n) is 5.70.